The molecule has 3 rings (SSSR count). The van der Waals surface area contributed by atoms with Crippen LogP contribution in [0.4, 0.5) is 0 Å². The van der Waals surface area contributed by atoms with Gasteiger partial charge in [0.05, 0.1) is 0 Å². The highest BCUT2D eigenvalue weighted by Crippen LogP contribution is 2.26. The Bertz CT molecular complexity index is 471. The van der Waals surface area contributed by atoms with Gasteiger partial charge in [0.25, 0.3) is 0 Å². The van der Waals surface area contributed by atoms with Crippen LogP contribution in [0.2, 0.25) is 0 Å². The van der Waals surface area contributed by atoms with Crippen LogP contribution in [0.25, 0.3) is 10.1 Å². The molecular formula is C13H15NS2. The minimum Gasteiger partial charge on any atom is -0.309 e. The van der Waals surface area contributed by atoms with Crippen LogP contribution in [0, 0.1) is 0 Å². The lowest BCUT2D eigenvalue weighted by atomic mass is 10.1. The Balaban J connectivity index is 1.73. The van der Waals surface area contributed by atoms with Crippen molar-refractivity contribution in [3.8, 4) is 0 Å². The molecule has 0 spiro atoms. The second kappa shape index (κ2) is 4.78. The van der Waals surface area contributed by atoms with Gasteiger partial charge in [0, 0.05) is 23.0 Å². The first-order valence-corrected chi connectivity index (χ1v) is 7.73. The van der Waals surface area contributed by atoms with E-state index in [9.17, 15) is 0 Å². The summed E-state index contributed by atoms with van der Waals surface area (Å²) < 4.78 is 1.40. The smallest absolute Gasteiger partial charge is 0.0346 e. The third-order valence-electron chi connectivity index (χ3n) is 3.07. The van der Waals surface area contributed by atoms with Crippen LogP contribution in [-0.2, 0) is 6.54 Å². The van der Waals surface area contributed by atoms with Crippen molar-refractivity contribution in [3.05, 3.63) is 35.2 Å². The molecule has 1 fully saturated rings. The van der Waals surface area contributed by atoms with Crippen LogP contribution >= 0.6 is 23.1 Å². The number of benzene rings is 1. The predicted octanol–water partition coefficient (Wildman–Crippen LogP) is 3.50. The fourth-order valence-electron chi connectivity index (χ4n) is 2.12. The van der Waals surface area contributed by atoms with E-state index < -0.39 is 0 Å². The van der Waals surface area contributed by atoms with E-state index in [1.165, 1.54) is 33.6 Å². The lowest BCUT2D eigenvalue weighted by molar-refractivity contribution is 0.560. The standard InChI is InChI=1S/C13H15NS2/c1-2-4-13-12(3-1)10(8-16-13)7-14-11-5-6-15-9-11/h1-4,8,11,14H,5-7,9H2. The summed E-state index contributed by atoms with van der Waals surface area (Å²) in [5.74, 6) is 2.60. The highest BCUT2D eigenvalue weighted by Gasteiger charge is 2.14. The largest absolute Gasteiger partial charge is 0.309 e. The van der Waals surface area contributed by atoms with Gasteiger partial charge in [0.15, 0.2) is 0 Å². The molecule has 2 heterocycles. The highest BCUT2D eigenvalue weighted by atomic mass is 32.2. The summed E-state index contributed by atoms with van der Waals surface area (Å²) in [7, 11) is 0. The minimum absolute atomic E-state index is 0.726. The molecule has 0 bridgehead atoms. The van der Waals surface area contributed by atoms with Gasteiger partial charge in [-0.3, -0.25) is 0 Å². The van der Waals surface area contributed by atoms with Crippen LogP contribution in [-0.4, -0.2) is 17.5 Å². The monoisotopic (exact) mass is 249 g/mol. The van der Waals surface area contributed by atoms with Crippen LogP contribution in [0.15, 0.2) is 29.6 Å². The van der Waals surface area contributed by atoms with Gasteiger partial charge >= 0.3 is 0 Å². The molecule has 0 aliphatic carbocycles. The Labute approximate surface area is 104 Å². The Morgan fingerprint density at radius 3 is 3.12 bits per heavy atom. The molecule has 1 N–H and O–H groups in total. The van der Waals surface area contributed by atoms with Gasteiger partial charge in [-0.2, -0.15) is 11.8 Å². The summed E-state index contributed by atoms with van der Waals surface area (Å²) in [5.41, 5.74) is 1.46. The van der Waals surface area contributed by atoms with E-state index in [4.69, 9.17) is 0 Å². The molecule has 1 nitrogen and oxygen atoms in total. The maximum atomic E-state index is 3.66. The van der Waals surface area contributed by atoms with Gasteiger partial charge in [-0.1, -0.05) is 18.2 Å². The molecule has 2 aromatic rings. The summed E-state index contributed by atoms with van der Waals surface area (Å²) in [6.07, 6.45) is 1.33. The number of thioether (sulfide) groups is 1. The van der Waals surface area contributed by atoms with Crippen molar-refractivity contribution in [3.63, 3.8) is 0 Å². The van der Waals surface area contributed by atoms with E-state index in [0.717, 1.165) is 12.6 Å². The molecule has 1 atom stereocenters. The van der Waals surface area contributed by atoms with E-state index in [-0.39, 0.29) is 0 Å². The van der Waals surface area contributed by atoms with E-state index in [1.54, 1.807) is 0 Å². The molecule has 3 heteroatoms. The quantitative estimate of drug-likeness (QED) is 0.893. The van der Waals surface area contributed by atoms with Gasteiger partial charge < -0.3 is 5.32 Å². The van der Waals surface area contributed by atoms with E-state index in [2.05, 4.69) is 46.7 Å². The zero-order valence-corrected chi connectivity index (χ0v) is 10.7. The third kappa shape index (κ3) is 2.12. The lowest BCUT2D eigenvalue weighted by Gasteiger charge is -2.10. The number of thiophene rings is 1. The maximum absolute atomic E-state index is 3.66. The van der Waals surface area contributed by atoms with Crippen molar-refractivity contribution in [1.82, 2.24) is 5.32 Å². The minimum atomic E-state index is 0.726. The molecule has 1 aromatic carbocycles. The van der Waals surface area contributed by atoms with E-state index in [1.807, 2.05) is 11.3 Å². The first-order valence-electron chi connectivity index (χ1n) is 5.70. The fourth-order valence-corrected chi connectivity index (χ4v) is 4.27. The predicted molar refractivity (Wildman–Crippen MR) is 74.4 cm³/mol. The molecule has 84 valence electrons. The average Bonchev–Trinajstić information content (AvgIpc) is 2.96. The van der Waals surface area contributed by atoms with Crippen molar-refractivity contribution in [1.29, 1.82) is 0 Å². The van der Waals surface area contributed by atoms with Crippen LogP contribution < -0.4 is 5.32 Å². The number of fused-ring (bicyclic) bond motifs is 1. The summed E-state index contributed by atoms with van der Waals surface area (Å²) in [5, 5.41) is 7.38. The maximum Gasteiger partial charge on any atom is 0.0346 e. The number of hydrogen-bond donors (Lipinski definition) is 1. The summed E-state index contributed by atoms with van der Waals surface area (Å²) in [4.78, 5) is 0. The van der Waals surface area contributed by atoms with E-state index in [0.29, 0.717) is 0 Å². The van der Waals surface area contributed by atoms with Crippen LogP contribution in [0.5, 0.6) is 0 Å². The molecule has 1 aromatic heterocycles. The molecule has 1 unspecified atom stereocenters. The van der Waals surface area contributed by atoms with Gasteiger partial charge in [-0.15, -0.1) is 11.3 Å². The zero-order chi connectivity index (χ0) is 10.8. The Morgan fingerprint density at radius 2 is 2.25 bits per heavy atom. The molecule has 0 saturated carbocycles. The molecule has 1 aliphatic rings. The highest BCUT2D eigenvalue weighted by molar-refractivity contribution is 7.99. The van der Waals surface area contributed by atoms with Gasteiger partial charge in [0.2, 0.25) is 0 Å². The van der Waals surface area contributed by atoms with Gasteiger partial charge in [-0.05, 0) is 34.6 Å². The summed E-state index contributed by atoms with van der Waals surface area (Å²) in [6, 6.07) is 9.40. The second-order valence-electron chi connectivity index (χ2n) is 4.20. The van der Waals surface area contributed by atoms with Crippen molar-refractivity contribution in [2.75, 3.05) is 11.5 Å². The van der Waals surface area contributed by atoms with Crippen LogP contribution in [0.3, 0.4) is 0 Å². The first-order chi connectivity index (χ1) is 7.93. The summed E-state index contributed by atoms with van der Waals surface area (Å²) >= 11 is 3.91. The first kappa shape index (κ1) is 10.6. The lowest BCUT2D eigenvalue weighted by Crippen LogP contribution is -2.27. The van der Waals surface area contributed by atoms with Crippen LogP contribution in [0.1, 0.15) is 12.0 Å². The molecule has 16 heavy (non-hydrogen) atoms. The SMILES string of the molecule is c1ccc2c(CNC3CCSC3)csc2c1. The van der Waals surface area contributed by atoms with Gasteiger partial charge in [-0.25, -0.2) is 0 Å². The average molecular weight is 249 g/mol. The Morgan fingerprint density at radius 1 is 1.31 bits per heavy atom. The van der Waals surface area contributed by atoms with Crippen molar-refractivity contribution >= 4 is 33.2 Å². The van der Waals surface area contributed by atoms with Crippen molar-refractivity contribution < 1.29 is 0 Å². The van der Waals surface area contributed by atoms with Gasteiger partial charge in [0.1, 0.15) is 0 Å². The Kier molecular flexibility index (Phi) is 3.18. The third-order valence-corrected chi connectivity index (χ3v) is 5.25. The Hall–Kier alpha value is -0.510. The van der Waals surface area contributed by atoms with Crippen molar-refractivity contribution in [2.45, 2.75) is 19.0 Å². The summed E-state index contributed by atoms with van der Waals surface area (Å²) in [6.45, 7) is 1.02. The topological polar surface area (TPSA) is 12.0 Å². The molecule has 0 radical (unpaired) electrons. The molecular weight excluding hydrogens is 234 g/mol. The molecule has 0 amide bonds. The number of nitrogens with one attached hydrogen (secondary N) is 1. The number of rotatable bonds is 3. The second-order valence-corrected chi connectivity index (χ2v) is 6.26. The molecule has 1 saturated heterocycles. The van der Waals surface area contributed by atoms with E-state index >= 15 is 0 Å². The zero-order valence-electron chi connectivity index (χ0n) is 9.11. The molecule has 1 aliphatic heterocycles. The fraction of sp³-hybridized carbons (Fsp3) is 0.385. The number of hydrogen-bond acceptors (Lipinski definition) is 3. The normalized spacial score (nSPS) is 20.6. The van der Waals surface area contributed by atoms with Crippen molar-refractivity contribution in [2.24, 2.45) is 0 Å².